The number of rotatable bonds is 3. The number of aliphatic hydroxyl groups excluding tert-OH is 1. The number of carbonyl (C=O) groups excluding carboxylic acids is 3. The minimum absolute atomic E-state index is 0.429. The highest BCUT2D eigenvalue weighted by atomic mass is 16.7. The monoisotopic (exact) mass is 377 g/mol. The summed E-state index contributed by atoms with van der Waals surface area (Å²) in [7, 11) is 0. The Kier molecular flexibility index (Phi) is 5.48. The fraction of sp³-hybridized carbons (Fsp3) is 0.421. The smallest absolute Gasteiger partial charge is 0.408 e. The lowest BCUT2D eigenvalue weighted by atomic mass is 10.0. The van der Waals surface area contributed by atoms with Gasteiger partial charge in [0.05, 0.1) is 0 Å². The molecule has 0 aliphatic carbocycles. The summed E-state index contributed by atoms with van der Waals surface area (Å²) in [4.78, 5) is 36.7. The Morgan fingerprint density at radius 1 is 1.11 bits per heavy atom. The quantitative estimate of drug-likeness (QED) is 0.360. The van der Waals surface area contributed by atoms with Crippen LogP contribution in [-0.2, 0) is 23.8 Å². The fourth-order valence-electron chi connectivity index (χ4n) is 2.39. The van der Waals surface area contributed by atoms with Crippen molar-refractivity contribution >= 4 is 18.0 Å². The van der Waals surface area contributed by atoms with Crippen LogP contribution in [0.15, 0.2) is 41.7 Å². The lowest BCUT2D eigenvalue weighted by Crippen LogP contribution is -2.43. The van der Waals surface area contributed by atoms with Crippen LogP contribution in [0, 0.1) is 0 Å². The summed E-state index contributed by atoms with van der Waals surface area (Å²) >= 11 is 0. The molecule has 0 saturated carbocycles. The molecular weight excluding hydrogens is 354 g/mol. The first-order chi connectivity index (χ1) is 12.4. The minimum Gasteiger partial charge on any atom is -0.509 e. The summed E-state index contributed by atoms with van der Waals surface area (Å²) in [5.41, 5.74) is -1.03. The molecule has 0 aromatic heterocycles. The third-order valence-corrected chi connectivity index (χ3v) is 3.41. The lowest BCUT2D eigenvalue weighted by molar-refractivity contribution is -0.222. The number of amides is 1. The Labute approximate surface area is 157 Å². The number of nitrogens with one attached hydrogen (secondary N) is 1. The highest BCUT2D eigenvalue weighted by Gasteiger charge is 2.43. The van der Waals surface area contributed by atoms with Crippen LogP contribution >= 0.6 is 0 Å². The van der Waals surface area contributed by atoms with Gasteiger partial charge in [-0.1, -0.05) is 30.3 Å². The molecule has 1 atom stereocenters. The van der Waals surface area contributed by atoms with Gasteiger partial charge < -0.3 is 24.6 Å². The van der Waals surface area contributed by atoms with Gasteiger partial charge in [0.1, 0.15) is 17.4 Å². The normalized spacial score (nSPS) is 17.4. The van der Waals surface area contributed by atoms with Crippen molar-refractivity contribution < 1.29 is 33.7 Å². The molecule has 1 amide bonds. The van der Waals surface area contributed by atoms with Crippen molar-refractivity contribution in [3.05, 3.63) is 47.2 Å². The van der Waals surface area contributed by atoms with Crippen molar-refractivity contribution in [3.8, 4) is 0 Å². The first-order valence-corrected chi connectivity index (χ1v) is 8.34. The van der Waals surface area contributed by atoms with Gasteiger partial charge in [-0.15, -0.1) is 0 Å². The number of hydrogen-bond acceptors (Lipinski definition) is 7. The van der Waals surface area contributed by atoms with E-state index < -0.39 is 46.8 Å². The first-order valence-electron chi connectivity index (χ1n) is 8.34. The van der Waals surface area contributed by atoms with Gasteiger partial charge in [-0.25, -0.2) is 14.4 Å². The van der Waals surface area contributed by atoms with Crippen LogP contribution in [0.3, 0.4) is 0 Å². The molecule has 1 aromatic carbocycles. The summed E-state index contributed by atoms with van der Waals surface area (Å²) in [6.45, 7) is 7.83. The van der Waals surface area contributed by atoms with Crippen LogP contribution in [0.4, 0.5) is 4.79 Å². The van der Waals surface area contributed by atoms with Crippen LogP contribution in [-0.4, -0.2) is 34.5 Å². The number of esters is 2. The lowest BCUT2D eigenvalue weighted by Gasteiger charge is -2.31. The van der Waals surface area contributed by atoms with E-state index in [4.69, 9.17) is 14.2 Å². The van der Waals surface area contributed by atoms with Crippen molar-refractivity contribution in [1.29, 1.82) is 0 Å². The highest BCUT2D eigenvalue weighted by molar-refractivity contribution is 6.15. The van der Waals surface area contributed by atoms with Crippen LogP contribution < -0.4 is 5.32 Å². The van der Waals surface area contributed by atoms with Crippen molar-refractivity contribution in [2.24, 2.45) is 0 Å². The molecule has 0 spiro atoms. The Bertz CT molecular complexity index is 753. The molecule has 146 valence electrons. The second-order valence-electron chi connectivity index (χ2n) is 7.43. The van der Waals surface area contributed by atoms with Gasteiger partial charge in [0.2, 0.25) is 0 Å². The molecule has 1 heterocycles. The Hall–Kier alpha value is -3.03. The molecule has 1 aliphatic rings. The van der Waals surface area contributed by atoms with Gasteiger partial charge in [0.25, 0.3) is 5.79 Å². The summed E-state index contributed by atoms with van der Waals surface area (Å²) in [5, 5.41) is 13.1. The van der Waals surface area contributed by atoms with Gasteiger partial charge in [-0.05, 0) is 26.3 Å². The van der Waals surface area contributed by atoms with E-state index in [0.717, 1.165) is 0 Å². The van der Waals surface area contributed by atoms with Crippen LogP contribution in [0.1, 0.15) is 46.2 Å². The van der Waals surface area contributed by atoms with E-state index in [0.29, 0.717) is 5.56 Å². The van der Waals surface area contributed by atoms with Crippen LogP contribution in [0.5, 0.6) is 0 Å². The minimum atomic E-state index is -1.45. The van der Waals surface area contributed by atoms with Crippen LogP contribution in [0.2, 0.25) is 0 Å². The molecule has 1 unspecified atom stereocenters. The van der Waals surface area contributed by atoms with E-state index in [1.54, 1.807) is 51.1 Å². The zero-order valence-corrected chi connectivity index (χ0v) is 15.9. The molecule has 0 bridgehead atoms. The van der Waals surface area contributed by atoms with Gasteiger partial charge >= 0.3 is 18.0 Å². The number of aliphatic hydroxyl groups is 1. The maximum atomic E-state index is 12.2. The molecule has 8 heteroatoms. The van der Waals surface area contributed by atoms with Crippen molar-refractivity contribution in [2.75, 3.05) is 0 Å². The molecule has 1 saturated heterocycles. The number of hydrogen-bond donors (Lipinski definition) is 2. The third kappa shape index (κ3) is 5.22. The van der Waals surface area contributed by atoms with Crippen molar-refractivity contribution in [3.63, 3.8) is 0 Å². The predicted octanol–water partition coefficient (Wildman–Crippen LogP) is 2.90. The summed E-state index contributed by atoms with van der Waals surface area (Å²) in [6.07, 6.45) is -0.832. The van der Waals surface area contributed by atoms with Crippen molar-refractivity contribution in [1.82, 2.24) is 5.32 Å². The first kappa shape index (κ1) is 20.3. The zero-order chi connectivity index (χ0) is 20.4. The molecule has 8 nitrogen and oxygen atoms in total. The topological polar surface area (TPSA) is 111 Å². The summed E-state index contributed by atoms with van der Waals surface area (Å²) in [5.74, 6) is -4.22. The standard InChI is InChI=1S/C19H23NO7/c1-18(2,3)27-17(24)20-13(11-9-7-6-8-10-11)14(21)12-15(22)25-19(4,5)26-16(12)23/h6-10,13,21H,1-5H3,(H,20,24). The molecule has 1 fully saturated rings. The van der Waals surface area contributed by atoms with E-state index in [1.807, 2.05) is 0 Å². The largest absolute Gasteiger partial charge is 0.509 e. The maximum Gasteiger partial charge on any atom is 0.408 e. The van der Waals surface area contributed by atoms with Crippen LogP contribution in [0.25, 0.3) is 0 Å². The number of benzene rings is 1. The fourth-order valence-corrected chi connectivity index (χ4v) is 2.39. The van der Waals surface area contributed by atoms with E-state index in [-0.39, 0.29) is 0 Å². The average Bonchev–Trinajstić information content (AvgIpc) is 2.49. The second kappa shape index (κ2) is 7.30. The third-order valence-electron chi connectivity index (χ3n) is 3.41. The molecule has 2 rings (SSSR count). The Balaban J connectivity index is 2.42. The molecule has 1 aliphatic heterocycles. The number of alkyl carbamates (subject to hydrolysis) is 1. The van der Waals surface area contributed by atoms with E-state index in [1.165, 1.54) is 13.8 Å². The summed E-state index contributed by atoms with van der Waals surface area (Å²) in [6, 6.07) is 7.11. The maximum absolute atomic E-state index is 12.2. The average molecular weight is 377 g/mol. The highest BCUT2D eigenvalue weighted by Crippen LogP contribution is 2.29. The molecular formula is C19H23NO7. The Morgan fingerprint density at radius 2 is 1.63 bits per heavy atom. The van der Waals surface area contributed by atoms with Gasteiger partial charge in [0, 0.05) is 13.8 Å². The van der Waals surface area contributed by atoms with E-state index in [2.05, 4.69) is 5.32 Å². The van der Waals surface area contributed by atoms with Gasteiger partial charge in [-0.2, -0.15) is 0 Å². The Morgan fingerprint density at radius 3 is 2.11 bits per heavy atom. The molecule has 2 N–H and O–H groups in total. The summed E-state index contributed by atoms with van der Waals surface area (Å²) < 4.78 is 15.2. The number of ether oxygens (including phenoxy) is 3. The van der Waals surface area contributed by atoms with E-state index >= 15 is 0 Å². The molecule has 27 heavy (non-hydrogen) atoms. The van der Waals surface area contributed by atoms with E-state index in [9.17, 15) is 19.5 Å². The number of carbonyl (C=O) groups is 3. The molecule has 1 aromatic rings. The second-order valence-corrected chi connectivity index (χ2v) is 7.43. The molecule has 0 radical (unpaired) electrons. The van der Waals surface area contributed by atoms with Gasteiger partial charge in [-0.3, -0.25) is 0 Å². The van der Waals surface area contributed by atoms with Gasteiger partial charge in [0.15, 0.2) is 5.57 Å². The number of cyclic esters (lactones) is 2. The van der Waals surface area contributed by atoms with Crippen molar-refractivity contribution in [2.45, 2.75) is 52.0 Å². The predicted molar refractivity (Wildman–Crippen MR) is 94.5 cm³/mol. The zero-order valence-electron chi connectivity index (χ0n) is 15.9. The SMILES string of the molecule is CC(C)(C)OC(=O)NC(C(O)=C1C(=O)OC(C)(C)OC1=O)c1ccccc1.